The van der Waals surface area contributed by atoms with Crippen LogP contribution in [0.1, 0.15) is 32.6 Å². The lowest BCUT2D eigenvalue weighted by Crippen LogP contribution is -2.37. The Morgan fingerprint density at radius 3 is 2.90 bits per heavy atom. The van der Waals surface area contributed by atoms with Crippen LogP contribution in [0.25, 0.3) is 0 Å². The zero-order valence-electron chi connectivity index (χ0n) is 12.5. The van der Waals surface area contributed by atoms with Gasteiger partial charge in [-0.05, 0) is 55.8 Å². The minimum Gasteiger partial charge on any atom is -0.352 e. The fraction of sp³-hybridized carbons (Fsp3) is 0.625. The van der Waals surface area contributed by atoms with E-state index >= 15 is 0 Å². The average Bonchev–Trinajstić information content (AvgIpc) is 2.84. The molecule has 0 saturated carbocycles. The van der Waals surface area contributed by atoms with E-state index in [4.69, 9.17) is 0 Å². The van der Waals surface area contributed by atoms with Crippen LogP contribution in [0.3, 0.4) is 0 Å². The molecule has 1 fully saturated rings. The second-order valence-corrected chi connectivity index (χ2v) is 6.34. The molecule has 0 radical (unpaired) electrons. The van der Waals surface area contributed by atoms with E-state index in [1.165, 1.54) is 0 Å². The summed E-state index contributed by atoms with van der Waals surface area (Å²) in [6, 6.07) is 0. The van der Waals surface area contributed by atoms with Crippen LogP contribution in [0.5, 0.6) is 0 Å². The standard InChI is InChI=1S/C16H23N3O2/c1-10-6-14-12(8-15(20)19-14)7-13(10)16(21)18-9-11-2-4-17-5-3-11/h7,10-11,17H,2-6,8-9H2,1H3,(H,18,21)(H,19,20). The lowest BCUT2D eigenvalue weighted by atomic mass is 9.87. The molecule has 3 aliphatic rings. The van der Waals surface area contributed by atoms with Crippen molar-refractivity contribution in [2.45, 2.75) is 32.6 Å². The van der Waals surface area contributed by atoms with Gasteiger partial charge in [0.1, 0.15) is 0 Å². The number of hydrogen-bond donors (Lipinski definition) is 3. The van der Waals surface area contributed by atoms with Gasteiger partial charge in [0.05, 0.1) is 6.42 Å². The maximum atomic E-state index is 12.4. The molecule has 2 amide bonds. The number of hydrogen-bond acceptors (Lipinski definition) is 3. The molecule has 0 bridgehead atoms. The molecule has 0 spiro atoms. The van der Waals surface area contributed by atoms with Crippen molar-refractivity contribution in [3.63, 3.8) is 0 Å². The Hall–Kier alpha value is -1.62. The van der Waals surface area contributed by atoms with Crippen molar-refractivity contribution < 1.29 is 9.59 Å². The normalized spacial score (nSPS) is 26.2. The highest BCUT2D eigenvalue weighted by Gasteiger charge is 2.29. The predicted molar refractivity (Wildman–Crippen MR) is 80.3 cm³/mol. The largest absolute Gasteiger partial charge is 0.352 e. The van der Waals surface area contributed by atoms with E-state index in [1.54, 1.807) is 0 Å². The first-order chi connectivity index (χ1) is 10.1. The van der Waals surface area contributed by atoms with Crippen molar-refractivity contribution in [1.29, 1.82) is 0 Å². The fourth-order valence-corrected chi connectivity index (χ4v) is 3.35. The average molecular weight is 289 g/mol. The SMILES string of the molecule is CC1CC2=C(C=C1C(=O)NCC1CCNCC1)CC(=O)N2. The van der Waals surface area contributed by atoms with Crippen LogP contribution in [-0.4, -0.2) is 31.4 Å². The lowest BCUT2D eigenvalue weighted by Gasteiger charge is -2.25. The molecule has 1 atom stereocenters. The highest BCUT2D eigenvalue weighted by molar-refractivity contribution is 5.96. The first-order valence-corrected chi connectivity index (χ1v) is 7.86. The van der Waals surface area contributed by atoms with Gasteiger partial charge in [-0.3, -0.25) is 9.59 Å². The molecule has 5 heteroatoms. The van der Waals surface area contributed by atoms with Gasteiger partial charge in [-0.15, -0.1) is 0 Å². The smallest absolute Gasteiger partial charge is 0.247 e. The monoisotopic (exact) mass is 289 g/mol. The molecule has 1 saturated heterocycles. The molecule has 3 rings (SSSR count). The summed E-state index contributed by atoms with van der Waals surface area (Å²) in [5.74, 6) is 0.820. The van der Waals surface area contributed by atoms with Crippen LogP contribution >= 0.6 is 0 Å². The maximum absolute atomic E-state index is 12.4. The van der Waals surface area contributed by atoms with E-state index in [1.807, 2.05) is 13.0 Å². The van der Waals surface area contributed by atoms with E-state index in [2.05, 4.69) is 16.0 Å². The summed E-state index contributed by atoms with van der Waals surface area (Å²) in [6.45, 7) is 4.89. The third kappa shape index (κ3) is 3.18. The van der Waals surface area contributed by atoms with Gasteiger partial charge in [-0.2, -0.15) is 0 Å². The molecule has 0 aromatic carbocycles. The number of piperidine rings is 1. The van der Waals surface area contributed by atoms with Gasteiger partial charge in [0.25, 0.3) is 0 Å². The zero-order valence-corrected chi connectivity index (χ0v) is 12.5. The number of nitrogens with one attached hydrogen (secondary N) is 3. The van der Waals surface area contributed by atoms with Gasteiger partial charge >= 0.3 is 0 Å². The summed E-state index contributed by atoms with van der Waals surface area (Å²) < 4.78 is 0. The summed E-state index contributed by atoms with van der Waals surface area (Å²) in [6.07, 6.45) is 5.34. The summed E-state index contributed by atoms with van der Waals surface area (Å²) in [5, 5.41) is 9.30. The minimum atomic E-state index is 0.0342. The molecule has 5 nitrogen and oxygen atoms in total. The van der Waals surface area contributed by atoms with Crippen LogP contribution in [0.4, 0.5) is 0 Å². The van der Waals surface area contributed by atoms with Crippen LogP contribution in [0.2, 0.25) is 0 Å². The van der Waals surface area contributed by atoms with E-state index in [-0.39, 0.29) is 17.7 Å². The Bertz CT molecular complexity index is 516. The number of carbonyl (C=O) groups excluding carboxylic acids is 2. The van der Waals surface area contributed by atoms with Crippen LogP contribution in [0, 0.1) is 11.8 Å². The third-order valence-electron chi connectivity index (χ3n) is 4.67. The Morgan fingerprint density at radius 2 is 2.14 bits per heavy atom. The zero-order chi connectivity index (χ0) is 14.8. The highest BCUT2D eigenvalue weighted by atomic mass is 16.2. The summed E-state index contributed by atoms with van der Waals surface area (Å²) in [4.78, 5) is 23.8. The van der Waals surface area contributed by atoms with Crippen molar-refractivity contribution >= 4 is 11.8 Å². The molecule has 2 aliphatic heterocycles. The Morgan fingerprint density at radius 1 is 1.38 bits per heavy atom. The van der Waals surface area contributed by atoms with Gasteiger partial charge in [0.15, 0.2) is 0 Å². The van der Waals surface area contributed by atoms with Crippen molar-refractivity contribution in [3.05, 3.63) is 22.9 Å². The molecule has 0 aromatic heterocycles. The first kappa shape index (κ1) is 14.3. The molecule has 2 heterocycles. The van der Waals surface area contributed by atoms with Crippen molar-refractivity contribution in [2.75, 3.05) is 19.6 Å². The quantitative estimate of drug-likeness (QED) is 0.721. The fourth-order valence-electron chi connectivity index (χ4n) is 3.35. The highest BCUT2D eigenvalue weighted by Crippen LogP contribution is 2.32. The van der Waals surface area contributed by atoms with Gasteiger partial charge in [-0.1, -0.05) is 6.92 Å². The Balaban J connectivity index is 1.61. The van der Waals surface area contributed by atoms with Crippen LogP contribution in [-0.2, 0) is 9.59 Å². The van der Waals surface area contributed by atoms with Crippen molar-refractivity contribution in [1.82, 2.24) is 16.0 Å². The maximum Gasteiger partial charge on any atom is 0.247 e. The van der Waals surface area contributed by atoms with Crippen LogP contribution in [0.15, 0.2) is 22.9 Å². The molecule has 21 heavy (non-hydrogen) atoms. The summed E-state index contributed by atoms with van der Waals surface area (Å²) in [5.41, 5.74) is 2.81. The second kappa shape index (κ2) is 6.02. The number of rotatable bonds is 3. The predicted octanol–water partition coefficient (Wildman–Crippen LogP) is 0.842. The van der Waals surface area contributed by atoms with Gasteiger partial charge in [0.2, 0.25) is 11.8 Å². The first-order valence-electron chi connectivity index (χ1n) is 7.86. The molecule has 114 valence electrons. The molecular weight excluding hydrogens is 266 g/mol. The van der Waals surface area contributed by atoms with Gasteiger partial charge < -0.3 is 16.0 Å². The van der Waals surface area contributed by atoms with Crippen LogP contribution < -0.4 is 16.0 Å². The lowest BCUT2D eigenvalue weighted by molar-refractivity contribution is -0.119. The Kier molecular flexibility index (Phi) is 4.10. The summed E-state index contributed by atoms with van der Waals surface area (Å²) in [7, 11) is 0. The number of allylic oxidation sites excluding steroid dienone is 2. The minimum absolute atomic E-state index is 0.0342. The van der Waals surface area contributed by atoms with Crippen molar-refractivity contribution in [3.8, 4) is 0 Å². The molecule has 1 unspecified atom stereocenters. The number of amides is 2. The number of carbonyl (C=O) groups is 2. The van der Waals surface area contributed by atoms with Gasteiger partial charge in [-0.25, -0.2) is 0 Å². The molecular formula is C16H23N3O2. The van der Waals surface area contributed by atoms with Crippen molar-refractivity contribution in [2.24, 2.45) is 11.8 Å². The van der Waals surface area contributed by atoms with E-state index in [9.17, 15) is 9.59 Å². The van der Waals surface area contributed by atoms with Gasteiger partial charge in [0, 0.05) is 17.8 Å². The summed E-state index contributed by atoms with van der Waals surface area (Å²) >= 11 is 0. The molecule has 0 aromatic rings. The van der Waals surface area contributed by atoms with E-state index in [0.717, 1.165) is 55.7 Å². The topological polar surface area (TPSA) is 70.2 Å². The second-order valence-electron chi connectivity index (χ2n) is 6.34. The molecule has 3 N–H and O–H groups in total. The Labute approximate surface area is 125 Å². The third-order valence-corrected chi connectivity index (χ3v) is 4.67. The van der Waals surface area contributed by atoms with E-state index < -0.39 is 0 Å². The van der Waals surface area contributed by atoms with E-state index in [0.29, 0.717) is 12.3 Å². The molecule has 1 aliphatic carbocycles.